The van der Waals surface area contributed by atoms with Crippen molar-refractivity contribution in [3.63, 3.8) is 0 Å². The number of aliphatic imine (C=N–C) groups is 1. The van der Waals surface area contributed by atoms with Gasteiger partial charge < -0.3 is 72.1 Å². The number of aliphatic hydroxyl groups excluding tert-OH is 5. The van der Waals surface area contributed by atoms with Crippen LogP contribution in [0.5, 0.6) is 0 Å². The number of nitrogens with zero attached hydrogens (tertiary/aromatic N) is 9. The molecule has 17 N–H and O–H groups in total. The number of amidine groups is 1. The monoisotopic (exact) mass is 1790 g/mol. The molecule has 0 spiro atoms. The number of nitrogens with two attached hydrogens (primary N) is 3. The number of nitrogen functional groups attached to an aromatic ring is 2. The number of aliphatic hydroxyl groups is 7. The molecule has 39 nitrogen and oxygen atoms in total. The van der Waals surface area contributed by atoms with Gasteiger partial charge in [-0.2, -0.15) is 4.98 Å². The summed E-state index contributed by atoms with van der Waals surface area (Å²) in [4.78, 5) is 77.4. The smallest absolute Gasteiger partial charge is 0.395 e. The van der Waals surface area contributed by atoms with Crippen molar-refractivity contribution in [1.82, 2.24) is 59.2 Å². The average molecular weight is 1790 g/mol. The number of thioether (sulfide) groups is 3. The summed E-state index contributed by atoms with van der Waals surface area (Å²) >= 11 is 2.92. The topological polar surface area (TPSA) is 564 Å². The Morgan fingerprint density at radius 2 is 1.01 bits per heavy atom. The third kappa shape index (κ3) is 26.2. The molecule has 120 heavy (non-hydrogen) atoms. The molecule has 3 saturated heterocycles. The highest BCUT2D eigenvalue weighted by Gasteiger charge is 2.56. The Bertz CT molecular complexity index is 4840. The van der Waals surface area contributed by atoms with Crippen LogP contribution in [0.4, 0.5) is 11.8 Å². The zero-order valence-electron chi connectivity index (χ0n) is 66.9. The zero-order valence-corrected chi connectivity index (χ0v) is 72.0. The standard InChI is InChI=1S/C25H35N6O9PS.C25H37N4O8PS.C24H33N6O6PS.CH4/c1-24(2,13-32)22(35)42-10-9-38-41(37,28-11-15-7-5-4-6-8-15)39-12-16-18(33)25(3,36)21(40-16)31-14-27-17-19(31)29-23(26)30-20(17)34;1-17-28-20(26)10-11-29(17)22-25(4,33)21(31)19(37-22)15-36-38(34,27-14-18-8-6-5-7-9-18)35-12-13-39-23(32)24(2,3)16-30;1-24(2,14-31)23(32)38-11-10-34-37(33,29-12-17-6-4-3-5-7-17)35-13-18-8-9-19(36-18)30-16-28-20-21(25)26-15-27-22(20)30;/h4-8,14,16,18,21,32-33,36H,9-13H2,1-3H3,(H,28,37)(H3,26,29,30,34);5-11,19,21-22,30-31,33H,1,12-16H2,2-4H3,(H2,26,28)(H,27,34);3-7,15-16,18-19,31H,8-14H2,1-2H3,(H,29,33)(H2,25,26,27);1H4/t16-,18+,21-,25?,41?;19-,21+,22-,25?,38?;18-,19+,37?;/m111./s1. The molecule has 0 saturated carbocycles. The van der Waals surface area contributed by atoms with Crippen LogP contribution >= 0.6 is 58.5 Å². The molecule has 3 fully saturated rings. The molecule has 0 bridgehead atoms. The molecule has 8 heterocycles. The van der Waals surface area contributed by atoms with Gasteiger partial charge in [0.1, 0.15) is 65.3 Å². The summed E-state index contributed by atoms with van der Waals surface area (Å²) in [5.41, 5.74) is 13.9. The van der Waals surface area contributed by atoms with E-state index in [1.807, 2.05) is 91.0 Å². The third-order valence-electron chi connectivity index (χ3n) is 19.0. The number of aromatic nitrogens is 8. The van der Waals surface area contributed by atoms with Gasteiger partial charge in [0.25, 0.3) is 5.56 Å². The Hall–Kier alpha value is -7.10. The minimum absolute atomic E-state index is 0. The molecule has 5 unspecified atom stereocenters. The quantitative estimate of drug-likeness (QED) is 0.0144. The maximum Gasteiger partial charge on any atom is 0.405 e. The molecular weight excluding hydrogens is 1680 g/mol. The number of H-pyrrole nitrogens is 1. The first kappa shape index (κ1) is 98.3. The number of aromatic amines is 1. The van der Waals surface area contributed by atoms with Crippen molar-refractivity contribution in [3.05, 3.63) is 162 Å². The fourth-order valence-corrected chi connectivity index (χ4v) is 18.3. The second kappa shape index (κ2) is 43.5. The van der Waals surface area contributed by atoms with Crippen LogP contribution in [0.2, 0.25) is 0 Å². The van der Waals surface area contributed by atoms with Gasteiger partial charge in [0, 0.05) is 43.1 Å². The molecule has 4 aromatic heterocycles. The molecule has 13 atom stereocenters. The number of ether oxygens (including phenoxy) is 3. The molecule has 45 heteroatoms. The number of hydrogen-bond donors (Lipinski definition) is 14. The predicted octanol–water partition coefficient (Wildman–Crippen LogP) is 6.54. The van der Waals surface area contributed by atoms with Crippen molar-refractivity contribution in [2.75, 3.05) is 88.2 Å². The Balaban J connectivity index is 0.000000223. The summed E-state index contributed by atoms with van der Waals surface area (Å²) in [6.45, 7) is 15.1. The number of anilines is 2. The fraction of sp³-hybridized carbons (Fsp3) is 0.520. The Morgan fingerprint density at radius 1 is 0.592 bits per heavy atom. The van der Waals surface area contributed by atoms with E-state index >= 15 is 0 Å². The highest BCUT2D eigenvalue weighted by Crippen LogP contribution is 2.50. The van der Waals surface area contributed by atoms with Crippen molar-refractivity contribution in [2.24, 2.45) is 27.0 Å². The molecule has 7 aromatic rings. The number of imidazole rings is 2. The molecule has 4 aliphatic heterocycles. The molecule has 0 amide bonds. The molecule has 3 aromatic carbocycles. The largest absolute Gasteiger partial charge is 0.405 e. The lowest BCUT2D eigenvalue weighted by Gasteiger charge is -2.35. The van der Waals surface area contributed by atoms with Crippen molar-refractivity contribution in [1.29, 1.82) is 0 Å². The number of benzene rings is 3. The Labute approximate surface area is 706 Å². The molecule has 660 valence electrons. The van der Waals surface area contributed by atoms with E-state index in [2.05, 4.69) is 56.7 Å². The van der Waals surface area contributed by atoms with Crippen LogP contribution in [0.1, 0.15) is 105 Å². The highest BCUT2D eigenvalue weighted by molar-refractivity contribution is 8.14. The van der Waals surface area contributed by atoms with Crippen molar-refractivity contribution in [3.8, 4) is 0 Å². The number of fused-ring (bicyclic) bond motifs is 2. The molecular formula is C75H109N16O23P3S3. The Kier molecular flexibility index (Phi) is 35.6. The average Bonchev–Trinajstić information content (AvgIpc) is 1.60. The van der Waals surface area contributed by atoms with Crippen molar-refractivity contribution in [2.45, 2.75) is 156 Å². The second-order valence-electron chi connectivity index (χ2n) is 30.1. The summed E-state index contributed by atoms with van der Waals surface area (Å²) in [6.07, 6.45) is 0.464. The van der Waals surface area contributed by atoms with Gasteiger partial charge in [-0.1, -0.05) is 140 Å². The number of nitrogens with one attached hydrogen (secondary N) is 4. The first-order valence-corrected chi connectivity index (χ1v) is 45.2. The fourth-order valence-electron chi connectivity index (χ4n) is 11.6. The van der Waals surface area contributed by atoms with Crippen LogP contribution in [0.25, 0.3) is 22.3 Å². The van der Waals surface area contributed by atoms with E-state index in [1.165, 1.54) is 48.2 Å². The van der Waals surface area contributed by atoms with Crippen molar-refractivity contribution >= 4 is 114 Å². The van der Waals surface area contributed by atoms with E-state index in [0.717, 1.165) is 52.0 Å². The van der Waals surface area contributed by atoms with Gasteiger partial charge in [-0.05, 0) is 91.0 Å². The van der Waals surface area contributed by atoms with Gasteiger partial charge in [-0.3, -0.25) is 60.4 Å². The predicted molar refractivity (Wildman–Crippen MR) is 453 cm³/mol. The highest BCUT2D eigenvalue weighted by atomic mass is 32.2. The first-order valence-electron chi connectivity index (χ1n) is 37.6. The van der Waals surface area contributed by atoms with Gasteiger partial charge in [0.2, 0.25) is 5.95 Å². The van der Waals surface area contributed by atoms with Gasteiger partial charge >= 0.3 is 23.2 Å². The SMILES string of the molecule is C.C=C1N=C(N)C=CN1[C@@H]1O[C@H](COP(=O)(NCc2ccccc2)OCCSC(=O)C(C)(C)CO)[C@H](O)C1(C)O.CC(C)(CO)C(=O)SCCOP(=O)(NCc1ccccc1)OC[C@H]1CC[C@@H](n2cnc3c(N)ncnc32)O1.CC(C)(CO)C(=O)SCCOP(=O)(NCc1ccccc1)OC[C@H]1O[C@@H](n2cnc3c(=O)[nH]c(N)nc32)C(C)(O)[C@H]1O. The Morgan fingerprint density at radius 3 is 1.45 bits per heavy atom. The van der Waals surface area contributed by atoms with Crippen LogP contribution in [0, 0.1) is 16.2 Å². The maximum atomic E-state index is 13.7. The zero-order chi connectivity index (χ0) is 86.7. The summed E-state index contributed by atoms with van der Waals surface area (Å²) in [7, 11) is -11.7. The summed E-state index contributed by atoms with van der Waals surface area (Å²) in [5, 5.41) is 79.9. The minimum atomic E-state index is -4.04. The lowest BCUT2D eigenvalue weighted by atomic mass is 9.96. The van der Waals surface area contributed by atoms with Gasteiger partial charge in [0.15, 0.2) is 50.4 Å². The third-order valence-corrected chi connectivity index (χ3v) is 27.2. The van der Waals surface area contributed by atoms with Crippen LogP contribution in [0.3, 0.4) is 0 Å². The first-order chi connectivity index (χ1) is 56.3. The van der Waals surface area contributed by atoms with Crippen LogP contribution < -0.4 is 38.0 Å². The van der Waals surface area contributed by atoms with Gasteiger partial charge in [0.05, 0.1) is 94.5 Å². The van der Waals surface area contributed by atoms with E-state index < -0.39 is 99.7 Å². The lowest BCUT2D eigenvalue weighted by molar-refractivity contribution is -0.120. The van der Waals surface area contributed by atoms with E-state index in [9.17, 15) is 68.6 Å². The number of carbonyl (C=O) groups excluding carboxylic acids is 3. The van der Waals surface area contributed by atoms with Gasteiger partial charge in [-0.15, -0.1) is 0 Å². The van der Waals surface area contributed by atoms with E-state index in [4.69, 9.17) is 58.6 Å². The summed E-state index contributed by atoms with van der Waals surface area (Å²) in [5.74, 6) is 1.16. The molecule has 11 rings (SSSR count). The van der Waals surface area contributed by atoms with E-state index in [-0.39, 0.29) is 154 Å². The van der Waals surface area contributed by atoms with Crippen molar-refractivity contribution < 1.29 is 105 Å². The normalized spacial score (nSPS) is 23.4. The van der Waals surface area contributed by atoms with Gasteiger partial charge in [-0.25, -0.2) is 53.9 Å². The number of carbonyl (C=O) groups is 3. The lowest BCUT2D eigenvalue weighted by Crippen LogP contribution is -2.51. The maximum absolute atomic E-state index is 13.7. The van der Waals surface area contributed by atoms with Crippen LogP contribution in [-0.2, 0) is 89.1 Å². The van der Waals surface area contributed by atoms with E-state index in [1.54, 1.807) is 52.4 Å². The minimum Gasteiger partial charge on any atom is -0.395 e. The van der Waals surface area contributed by atoms with Crippen LogP contribution in [0.15, 0.2) is 144 Å². The summed E-state index contributed by atoms with van der Waals surface area (Å²) in [6, 6.07) is 27.8. The second-order valence-corrected chi connectivity index (χ2v) is 38.8. The molecule has 0 aliphatic carbocycles. The summed E-state index contributed by atoms with van der Waals surface area (Å²) < 4.78 is 95.9. The number of hydrogen-bond acceptors (Lipinski definition) is 36. The molecule has 0 radical (unpaired) electrons. The van der Waals surface area contributed by atoms with E-state index in [0.29, 0.717) is 29.8 Å². The molecule has 4 aliphatic rings. The number of rotatable bonds is 39. The van der Waals surface area contributed by atoms with Crippen LogP contribution in [-0.4, -0.2) is 226 Å².